The Hall–Kier alpha value is -2.60. The van der Waals surface area contributed by atoms with Crippen molar-refractivity contribution in [2.45, 2.75) is 13.8 Å². The topological polar surface area (TPSA) is 35.1 Å². The first kappa shape index (κ1) is 18.4. The lowest BCUT2D eigenvalue weighted by molar-refractivity contribution is 0.946. The fraction of sp³-hybridized carbons (Fsp3) is 0.0909. The van der Waals surface area contributed by atoms with Crippen LogP contribution in [0.4, 0.5) is 0 Å². The van der Waals surface area contributed by atoms with Crippen LogP contribution in [-0.2, 0) is 0 Å². The van der Waals surface area contributed by atoms with Gasteiger partial charge in [-0.15, -0.1) is 11.3 Å². The minimum Gasteiger partial charge on any atom is -0.317 e. The Bertz CT molecular complexity index is 1340. The number of benzene rings is 1. The van der Waals surface area contributed by atoms with Crippen molar-refractivity contribution in [2.75, 3.05) is 0 Å². The van der Waals surface area contributed by atoms with E-state index in [-0.39, 0.29) is 0 Å². The molecule has 0 atom stereocenters. The molecule has 7 heteroatoms. The lowest BCUT2D eigenvalue weighted by Gasteiger charge is -2.09. The molecule has 0 spiro atoms. The maximum absolute atomic E-state index is 6.45. The number of fused-ring (bicyclic) bond motifs is 1. The molecule has 144 valence electrons. The van der Waals surface area contributed by atoms with Gasteiger partial charge in [0.1, 0.15) is 5.69 Å². The molecule has 5 rings (SSSR count). The van der Waals surface area contributed by atoms with Crippen LogP contribution >= 0.6 is 34.5 Å². The zero-order valence-electron chi connectivity index (χ0n) is 15.7. The predicted molar refractivity (Wildman–Crippen MR) is 121 cm³/mol. The molecule has 1 aromatic carbocycles. The zero-order chi connectivity index (χ0) is 20.1. The highest BCUT2D eigenvalue weighted by Gasteiger charge is 2.17. The molecule has 0 N–H and O–H groups in total. The third-order valence-corrected chi connectivity index (χ3v) is 6.43. The number of halogens is 2. The summed E-state index contributed by atoms with van der Waals surface area (Å²) in [5.41, 5.74) is 6.90. The van der Waals surface area contributed by atoms with Crippen LogP contribution in [0.5, 0.6) is 0 Å². The van der Waals surface area contributed by atoms with Gasteiger partial charge in [-0.05, 0) is 61.7 Å². The molecule has 4 nitrogen and oxygen atoms in total. The molecule has 0 amide bonds. The monoisotopic (exact) mass is 438 g/mol. The Morgan fingerprint density at radius 1 is 0.931 bits per heavy atom. The number of hydrogen-bond acceptors (Lipinski definition) is 3. The van der Waals surface area contributed by atoms with Crippen LogP contribution in [0, 0.1) is 13.8 Å². The number of thiophene rings is 1. The first-order valence-electron chi connectivity index (χ1n) is 9.06. The molecule has 0 radical (unpaired) electrons. The van der Waals surface area contributed by atoms with Crippen LogP contribution in [0.2, 0.25) is 10.0 Å². The van der Waals surface area contributed by atoms with Crippen LogP contribution in [0.25, 0.3) is 33.2 Å². The van der Waals surface area contributed by atoms with E-state index >= 15 is 0 Å². The van der Waals surface area contributed by atoms with Gasteiger partial charge < -0.3 is 4.57 Å². The van der Waals surface area contributed by atoms with Gasteiger partial charge in [-0.3, -0.25) is 0 Å². The smallest absolute Gasteiger partial charge is 0.156 e. The molecule has 5 aromatic rings. The Labute approximate surface area is 182 Å². The summed E-state index contributed by atoms with van der Waals surface area (Å²) >= 11 is 14.2. The van der Waals surface area contributed by atoms with E-state index in [9.17, 15) is 0 Å². The SMILES string of the molecule is Cc1ccc(C)n1-c1ccsc1-c1cc2nccc(-c3ccc(Cl)cc3Cl)n2n1. The van der Waals surface area contributed by atoms with Crippen LogP contribution in [-0.4, -0.2) is 19.2 Å². The average molecular weight is 439 g/mol. The van der Waals surface area contributed by atoms with Crippen molar-refractivity contribution in [1.29, 1.82) is 0 Å². The first-order valence-corrected chi connectivity index (χ1v) is 10.7. The summed E-state index contributed by atoms with van der Waals surface area (Å²) in [5.74, 6) is 0. The third-order valence-electron chi connectivity index (χ3n) is 4.95. The Balaban J connectivity index is 1.69. The number of hydrogen-bond donors (Lipinski definition) is 0. The molecule has 4 aromatic heterocycles. The highest BCUT2D eigenvalue weighted by molar-refractivity contribution is 7.14. The molecule has 4 heterocycles. The molecule has 0 aliphatic carbocycles. The Morgan fingerprint density at radius 2 is 1.72 bits per heavy atom. The summed E-state index contributed by atoms with van der Waals surface area (Å²) in [4.78, 5) is 5.60. The van der Waals surface area contributed by atoms with Crippen LogP contribution < -0.4 is 0 Å². The standard InChI is InChI=1S/C22H16Cl2N4S/c1-13-3-4-14(2)27(13)20-8-10-29-22(20)18-12-21-25-9-7-19(28(21)26-18)16-6-5-15(23)11-17(16)24/h3-12H,1-2H3. The van der Waals surface area contributed by atoms with Gasteiger partial charge in [0, 0.05) is 34.2 Å². The van der Waals surface area contributed by atoms with Gasteiger partial charge in [-0.25, -0.2) is 9.50 Å². The highest BCUT2D eigenvalue weighted by Crippen LogP contribution is 2.35. The fourth-order valence-corrected chi connectivity index (χ4v) is 4.96. The maximum atomic E-state index is 6.45. The molecular formula is C22H16Cl2N4S. The summed E-state index contributed by atoms with van der Waals surface area (Å²) < 4.78 is 4.09. The summed E-state index contributed by atoms with van der Waals surface area (Å²) in [7, 11) is 0. The lowest BCUT2D eigenvalue weighted by Crippen LogP contribution is -1.99. The Morgan fingerprint density at radius 3 is 2.48 bits per heavy atom. The molecule has 0 aliphatic heterocycles. The van der Waals surface area contributed by atoms with Gasteiger partial charge in [-0.1, -0.05) is 23.2 Å². The number of rotatable bonds is 3. The molecule has 0 saturated heterocycles. The number of aryl methyl sites for hydroxylation is 2. The second-order valence-electron chi connectivity index (χ2n) is 6.84. The minimum atomic E-state index is 0.581. The summed E-state index contributed by atoms with van der Waals surface area (Å²) in [6.07, 6.45) is 1.77. The van der Waals surface area contributed by atoms with Gasteiger partial charge in [0.2, 0.25) is 0 Å². The van der Waals surface area contributed by atoms with Crippen molar-refractivity contribution in [3.63, 3.8) is 0 Å². The number of nitrogens with zero attached hydrogens (tertiary/aromatic N) is 4. The highest BCUT2D eigenvalue weighted by atomic mass is 35.5. The Kier molecular flexibility index (Phi) is 4.46. The lowest BCUT2D eigenvalue weighted by atomic mass is 10.1. The molecular weight excluding hydrogens is 423 g/mol. The van der Waals surface area contributed by atoms with Gasteiger partial charge in [0.05, 0.1) is 21.3 Å². The van der Waals surface area contributed by atoms with Gasteiger partial charge >= 0.3 is 0 Å². The number of aromatic nitrogens is 4. The van der Waals surface area contributed by atoms with E-state index in [1.54, 1.807) is 23.6 Å². The van der Waals surface area contributed by atoms with Crippen molar-refractivity contribution in [3.8, 4) is 27.5 Å². The normalized spacial score (nSPS) is 11.4. The summed E-state index contributed by atoms with van der Waals surface area (Å²) in [6.45, 7) is 4.22. The van der Waals surface area contributed by atoms with Crippen molar-refractivity contribution >= 4 is 40.2 Å². The van der Waals surface area contributed by atoms with E-state index in [4.69, 9.17) is 28.3 Å². The maximum Gasteiger partial charge on any atom is 0.156 e. The molecule has 0 bridgehead atoms. The van der Waals surface area contributed by atoms with E-state index < -0.39 is 0 Å². The average Bonchev–Trinajstić information content (AvgIpc) is 3.39. The van der Waals surface area contributed by atoms with Crippen molar-refractivity contribution in [2.24, 2.45) is 0 Å². The largest absolute Gasteiger partial charge is 0.317 e. The summed E-state index contributed by atoms with van der Waals surface area (Å²) in [5, 5.41) is 8.16. The van der Waals surface area contributed by atoms with E-state index in [1.165, 1.54) is 11.4 Å². The van der Waals surface area contributed by atoms with Gasteiger partial charge in [0.25, 0.3) is 0 Å². The second kappa shape index (κ2) is 7.02. The van der Waals surface area contributed by atoms with E-state index in [0.717, 1.165) is 33.2 Å². The molecule has 29 heavy (non-hydrogen) atoms. The van der Waals surface area contributed by atoms with Crippen LogP contribution in [0.3, 0.4) is 0 Å². The fourth-order valence-electron chi connectivity index (χ4n) is 3.63. The van der Waals surface area contributed by atoms with Crippen molar-refractivity contribution < 1.29 is 0 Å². The first-order chi connectivity index (χ1) is 14.0. The molecule has 0 unspecified atom stereocenters. The van der Waals surface area contributed by atoms with E-state index in [0.29, 0.717) is 10.0 Å². The molecule has 0 saturated carbocycles. The predicted octanol–water partition coefficient (Wildman–Crippen LogP) is 6.84. The van der Waals surface area contributed by atoms with Gasteiger partial charge in [-0.2, -0.15) is 5.10 Å². The third kappa shape index (κ3) is 3.06. The molecule has 0 fully saturated rings. The van der Waals surface area contributed by atoms with Crippen LogP contribution in [0.15, 0.2) is 60.1 Å². The second-order valence-corrected chi connectivity index (χ2v) is 8.60. The van der Waals surface area contributed by atoms with Gasteiger partial charge in [0.15, 0.2) is 5.65 Å². The van der Waals surface area contributed by atoms with Crippen molar-refractivity contribution in [1.82, 2.24) is 19.2 Å². The van der Waals surface area contributed by atoms with E-state index in [1.807, 2.05) is 28.8 Å². The molecule has 0 aliphatic rings. The van der Waals surface area contributed by atoms with Crippen molar-refractivity contribution in [3.05, 3.63) is 81.5 Å². The quantitative estimate of drug-likeness (QED) is 0.309. The van der Waals surface area contributed by atoms with E-state index in [2.05, 4.69) is 47.0 Å². The van der Waals surface area contributed by atoms with Crippen LogP contribution in [0.1, 0.15) is 11.4 Å². The zero-order valence-corrected chi connectivity index (χ0v) is 18.1. The minimum absolute atomic E-state index is 0.581. The summed E-state index contributed by atoms with van der Waals surface area (Å²) in [6, 6.07) is 15.8.